The summed E-state index contributed by atoms with van der Waals surface area (Å²) in [6.45, 7) is 2.84. The number of alkyl halides is 2. The van der Waals surface area contributed by atoms with Crippen molar-refractivity contribution in [1.29, 1.82) is 0 Å². The minimum absolute atomic E-state index is 0.0681. The average molecular weight is 318 g/mol. The molecule has 1 aliphatic carbocycles. The van der Waals surface area contributed by atoms with Crippen LogP contribution in [0.5, 0.6) is 0 Å². The molecule has 7 heteroatoms. The highest BCUT2D eigenvalue weighted by Gasteiger charge is 2.37. The van der Waals surface area contributed by atoms with E-state index in [1.807, 2.05) is 6.92 Å². The standard InChI is InChI=1S/C15H24F2N2O3/c1-10-5-12(13(20)21)9-19(8-10)14(22)18-7-11-3-2-4-15(16,17)6-11/h10-12H,2-9H2,1H3,(H,18,22)(H,20,21). The van der Waals surface area contributed by atoms with E-state index in [1.165, 1.54) is 4.90 Å². The topological polar surface area (TPSA) is 69.6 Å². The molecule has 1 saturated carbocycles. The van der Waals surface area contributed by atoms with Crippen molar-refractivity contribution >= 4 is 12.0 Å². The lowest BCUT2D eigenvalue weighted by atomic mass is 9.86. The molecule has 22 heavy (non-hydrogen) atoms. The van der Waals surface area contributed by atoms with E-state index < -0.39 is 17.8 Å². The molecular weight excluding hydrogens is 294 g/mol. The van der Waals surface area contributed by atoms with Crippen molar-refractivity contribution in [3.05, 3.63) is 0 Å². The van der Waals surface area contributed by atoms with Crippen molar-refractivity contribution in [1.82, 2.24) is 10.2 Å². The molecule has 1 aliphatic heterocycles. The molecule has 2 rings (SSSR count). The van der Waals surface area contributed by atoms with Gasteiger partial charge < -0.3 is 15.3 Å². The third kappa shape index (κ3) is 4.55. The summed E-state index contributed by atoms with van der Waals surface area (Å²) in [6.07, 6.45) is 1.50. The SMILES string of the molecule is CC1CC(C(=O)O)CN(C(=O)NCC2CCCC(F)(F)C2)C1. The van der Waals surface area contributed by atoms with Gasteiger partial charge >= 0.3 is 12.0 Å². The van der Waals surface area contributed by atoms with Crippen LogP contribution in [0.3, 0.4) is 0 Å². The molecule has 0 radical (unpaired) electrons. The smallest absolute Gasteiger partial charge is 0.317 e. The third-order valence-electron chi connectivity index (χ3n) is 4.58. The molecule has 0 aromatic heterocycles. The Labute approximate surface area is 129 Å². The Morgan fingerprint density at radius 2 is 2.09 bits per heavy atom. The van der Waals surface area contributed by atoms with Crippen molar-refractivity contribution in [2.45, 2.75) is 45.0 Å². The number of likely N-dealkylation sites (tertiary alicyclic amines) is 1. The van der Waals surface area contributed by atoms with E-state index in [0.717, 1.165) is 0 Å². The van der Waals surface area contributed by atoms with Crippen LogP contribution in [0.4, 0.5) is 13.6 Å². The van der Waals surface area contributed by atoms with Gasteiger partial charge in [-0.25, -0.2) is 13.6 Å². The van der Waals surface area contributed by atoms with E-state index in [0.29, 0.717) is 25.8 Å². The third-order valence-corrected chi connectivity index (χ3v) is 4.58. The Hall–Kier alpha value is -1.40. The maximum atomic E-state index is 13.3. The van der Waals surface area contributed by atoms with Gasteiger partial charge in [-0.2, -0.15) is 0 Å². The van der Waals surface area contributed by atoms with Crippen LogP contribution >= 0.6 is 0 Å². The molecule has 3 unspecified atom stereocenters. The van der Waals surface area contributed by atoms with E-state index in [-0.39, 0.29) is 43.8 Å². The predicted octanol–water partition coefficient (Wildman–Crippen LogP) is 2.56. The molecule has 0 spiro atoms. The highest BCUT2D eigenvalue weighted by atomic mass is 19.3. The number of carboxylic acid groups (broad SMARTS) is 1. The lowest BCUT2D eigenvalue weighted by Crippen LogP contribution is -2.50. The molecule has 2 aliphatic rings. The Morgan fingerprint density at radius 1 is 1.36 bits per heavy atom. The largest absolute Gasteiger partial charge is 0.481 e. The van der Waals surface area contributed by atoms with Gasteiger partial charge in [-0.3, -0.25) is 4.79 Å². The molecule has 1 heterocycles. The number of rotatable bonds is 3. The molecule has 2 amide bonds. The van der Waals surface area contributed by atoms with Crippen molar-refractivity contribution in [3.8, 4) is 0 Å². The van der Waals surface area contributed by atoms with Gasteiger partial charge in [0.05, 0.1) is 5.92 Å². The molecule has 0 aromatic carbocycles. The molecule has 3 atom stereocenters. The number of carbonyl (C=O) groups excluding carboxylic acids is 1. The predicted molar refractivity (Wildman–Crippen MR) is 76.8 cm³/mol. The minimum Gasteiger partial charge on any atom is -0.481 e. The zero-order chi connectivity index (χ0) is 16.3. The molecule has 5 nitrogen and oxygen atoms in total. The first kappa shape index (κ1) is 17.0. The van der Waals surface area contributed by atoms with Crippen LogP contribution in [0.1, 0.15) is 39.0 Å². The number of hydrogen-bond acceptors (Lipinski definition) is 2. The van der Waals surface area contributed by atoms with E-state index in [2.05, 4.69) is 5.32 Å². The molecule has 1 saturated heterocycles. The molecule has 2 fully saturated rings. The number of amides is 2. The van der Waals surface area contributed by atoms with Crippen LogP contribution in [0.25, 0.3) is 0 Å². The van der Waals surface area contributed by atoms with Crippen molar-refractivity contribution in [2.75, 3.05) is 19.6 Å². The lowest BCUT2D eigenvalue weighted by Gasteiger charge is -2.35. The Bertz CT molecular complexity index is 431. The maximum absolute atomic E-state index is 13.3. The van der Waals surface area contributed by atoms with E-state index in [1.54, 1.807) is 0 Å². The Balaban J connectivity index is 1.82. The highest BCUT2D eigenvalue weighted by molar-refractivity contribution is 5.76. The number of nitrogens with one attached hydrogen (secondary N) is 1. The quantitative estimate of drug-likeness (QED) is 0.840. The second kappa shape index (κ2) is 6.79. The van der Waals surface area contributed by atoms with Gasteiger partial charge in [0, 0.05) is 32.5 Å². The van der Waals surface area contributed by atoms with Gasteiger partial charge in [-0.15, -0.1) is 0 Å². The summed E-state index contributed by atoms with van der Waals surface area (Å²) < 4.78 is 26.7. The van der Waals surface area contributed by atoms with Crippen LogP contribution in [-0.4, -0.2) is 47.6 Å². The number of carboxylic acids is 1. The molecule has 0 aromatic rings. The molecular formula is C15H24F2N2O3. The van der Waals surface area contributed by atoms with Crippen LogP contribution in [-0.2, 0) is 4.79 Å². The van der Waals surface area contributed by atoms with Gasteiger partial charge in [-0.1, -0.05) is 6.92 Å². The summed E-state index contributed by atoms with van der Waals surface area (Å²) in [5, 5.41) is 11.8. The zero-order valence-corrected chi connectivity index (χ0v) is 12.9. The van der Waals surface area contributed by atoms with E-state index >= 15 is 0 Å². The van der Waals surface area contributed by atoms with Crippen LogP contribution in [0.15, 0.2) is 0 Å². The summed E-state index contributed by atoms with van der Waals surface area (Å²) in [5.41, 5.74) is 0. The fraction of sp³-hybridized carbons (Fsp3) is 0.867. The lowest BCUT2D eigenvalue weighted by molar-refractivity contribution is -0.143. The van der Waals surface area contributed by atoms with Gasteiger partial charge in [0.1, 0.15) is 0 Å². The zero-order valence-electron chi connectivity index (χ0n) is 12.9. The van der Waals surface area contributed by atoms with Crippen molar-refractivity contribution in [2.24, 2.45) is 17.8 Å². The second-order valence-corrected chi connectivity index (χ2v) is 6.79. The summed E-state index contributed by atoms with van der Waals surface area (Å²) in [4.78, 5) is 24.7. The molecule has 0 bridgehead atoms. The van der Waals surface area contributed by atoms with Gasteiger partial charge in [-0.05, 0) is 31.1 Å². The number of urea groups is 1. The summed E-state index contributed by atoms with van der Waals surface area (Å²) in [5.74, 6) is -4.14. The first-order valence-corrected chi connectivity index (χ1v) is 7.90. The average Bonchev–Trinajstić information content (AvgIpc) is 2.43. The van der Waals surface area contributed by atoms with Crippen molar-refractivity contribution in [3.63, 3.8) is 0 Å². The fourth-order valence-corrected chi connectivity index (χ4v) is 3.49. The molecule has 126 valence electrons. The van der Waals surface area contributed by atoms with E-state index in [4.69, 9.17) is 5.11 Å². The van der Waals surface area contributed by atoms with Gasteiger partial charge in [0.15, 0.2) is 0 Å². The highest BCUT2D eigenvalue weighted by Crippen LogP contribution is 2.36. The fourth-order valence-electron chi connectivity index (χ4n) is 3.49. The monoisotopic (exact) mass is 318 g/mol. The summed E-state index contributed by atoms with van der Waals surface area (Å²) >= 11 is 0. The second-order valence-electron chi connectivity index (χ2n) is 6.79. The maximum Gasteiger partial charge on any atom is 0.317 e. The van der Waals surface area contributed by atoms with Crippen molar-refractivity contribution < 1.29 is 23.5 Å². The first-order valence-electron chi connectivity index (χ1n) is 7.90. The summed E-state index contributed by atoms with van der Waals surface area (Å²) in [7, 11) is 0. The van der Waals surface area contributed by atoms with Gasteiger partial charge in [0.25, 0.3) is 0 Å². The number of aliphatic carboxylic acids is 1. The molecule has 2 N–H and O–H groups in total. The van der Waals surface area contributed by atoms with Crippen LogP contribution in [0, 0.1) is 17.8 Å². The number of nitrogens with zero attached hydrogens (tertiary/aromatic N) is 1. The Kier molecular flexibility index (Phi) is 5.24. The van der Waals surface area contributed by atoms with E-state index in [9.17, 15) is 18.4 Å². The summed E-state index contributed by atoms with van der Waals surface area (Å²) in [6, 6.07) is -0.341. The van der Waals surface area contributed by atoms with Crippen LogP contribution < -0.4 is 5.32 Å². The normalized spacial score (nSPS) is 31.6. The number of piperidine rings is 1. The minimum atomic E-state index is -2.62. The van der Waals surface area contributed by atoms with Gasteiger partial charge in [0.2, 0.25) is 5.92 Å². The number of halogens is 2. The first-order chi connectivity index (χ1) is 10.3. The Morgan fingerprint density at radius 3 is 2.73 bits per heavy atom. The van der Waals surface area contributed by atoms with Crippen LogP contribution in [0.2, 0.25) is 0 Å². The number of carbonyl (C=O) groups is 2. The number of hydrogen-bond donors (Lipinski definition) is 2.